The molecule has 1 atom stereocenters. The van der Waals surface area contributed by atoms with Crippen LogP contribution in [-0.2, 0) is 0 Å². The number of hydrogen-bond donors (Lipinski definition) is 1. The van der Waals surface area contributed by atoms with Crippen molar-refractivity contribution < 1.29 is 4.39 Å². The van der Waals surface area contributed by atoms with E-state index in [9.17, 15) is 4.39 Å². The molecule has 88 valence electrons. The molecule has 1 aromatic carbocycles. The van der Waals surface area contributed by atoms with Gasteiger partial charge in [-0.05, 0) is 59.7 Å². The molecule has 3 heteroatoms. The monoisotopic (exact) mass is 333 g/mol. The molecule has 1 rings (SSSR count). The Morgan fingerprint density at radius 1 is 1.56 bits per heavy atom. The van der Waals surface area contributed by atoms with Crippen LogP contribution in [0.4, 0.5) is 4.39 Å². The number of benzene rings is 1. The molecular weight excluding hydrogens is 316 g/mol. The molecule has 1 N–H and O–H groups in total. The van der Waals surface area contributed by atoms with Crippen molar-refractivity contribution in [2.24, 2.45) is 0 Å². The summed E-state index contributed by atoms with van der Waals surface area (Å²) in [5.41, 5.74) is 1.15. The van der Waals surface area contributed by atoms with E-state index in [1.54, 1.807) is 6.07 Å². The highest BCUT2D eigenvalue weighted by Gasteiger charge is 2.12. The standard InChI is InChI=1S/C13H17FIN/c1-3-5-13(16-8-4-2)11-7-6-10(14)9-12(11)15/h3,6-7,9,13,16H,1,4-5,8H2,2H3. The van der Waals surface area contributed by atoms with Crippen LogP contribution in [0.2, 0.25) is 0 Å². The Labute approximate surface area is 110 Å². The molecule has 0 saturated heterocycles. The van der Waals surface area contributed by atoms with Gasteiger partial charge in [-0.25, -0.2) is 4.39 Å². The van der Waals surface area contributed by atoms with Gasteiger partial charge >= 0.3 is 0 Å². The minimum absolute atomic E-state index is 0.180. The van der Waals surface area contributed by atoms with Crippen LogP contribution in [0, 0.1) is 9.39 Å². The van der Waals surface area contributed by atoms with Crippen LogP contribution in [0.1, 0.15) is 31.4 Å². The SMILES string of the molecule is C=CCC(NCCC)c1ccc(F)cc1I. The Kier molecular flexibility index (Phi) is 5.98. The van der Waals surface area contributed by atoms with Gasteiger partial charge in [0.25, 0.3) is 0 Å². The van der Waals surface area contributed by atoms with Crippen molar-refractivity contribution in [3.8, 4) is 0 Å². The molecule has 0 amide bonds. The van der Waals surface area contributed by atoms with Crippen LogP contribution in [0.5, 0.6) is 0 Å². The molecule has 16 heavy (non-hydrogen) atoms. The summed E-state index contributed by atoms with van der Waals surface area (Å²) < 4.78 is 14.0. The van der Waals surface area contributed by atoms with Gasteiger partial charge < -0.3 is 5.32 Å². The number of halogens is 2. The van der Waals surface area contributed by atoms with Gasteiger partial charge in [0.05, 0.1) is 0 Å². The van der Waals surface area contributed by atoms with Gasteiger partial charge in [-0.2, -0.15) is 0 Å². The van der Waals surface area contributed by atoms with Crippen molar-refractivity contribution in [3.63, 3.8) is 0 Å². The summed E-state index contributed by atoms with van der Waals surface area (Å²) in [6.45, 7) is 6.86. The van der Waals surface area contributed by atoms with Crippen molar-refractivity contribution in [2.45, 2.75) is 25.8 Å². The van der Waals surface area contributed by atoms with Crippen LogP contribution < -0.4 is 5.32 Å². The van der Waals surface area contributed by atoms with E-state index in [4.69, 9.17) is 0 Å². The summed E-state index contributed by atoms with van der Waals surface area (Å²) in [5.74, 6) is -0.180. The van der Waals surface area contributed by atoms with Crippen LogP contribution in [-0.4, -0.2) is 6.54 Å². The zero-order valence-electron chi connectivity index (χ0n) is 9.47. The van der Waals surface area contributed by atoms with Crippen molar-refractivity contribution in [1.29, 1.82) is 0 Å². The second-order valence-corrected chi connectivity index (χ2v) is 4.86. The average molecular weight is 333 g/mol. The van der Waals surface area contributed by atoms with Crippen LogP contribution in [0.3, 0.4) is 0 Å². The molecule has 0 aliphatic heterocycles. The fourth-order valence-electron chi connectivity index (χ4n) is 1.59. The van der Waals surface area contributed by atoms with E-state index in [2.05, 4.69) is 41.4 Å². The first kappa shape index (κ1) is 13.6. The van der Waals surface area contributed by atoms with Crippen molar-refractivity contribution in [3.05, 3.63) is 45.8 Å². The third-order valence-corrected chi connectivity index (χ3v) is 3.32. The molecule has 0 fully saturated rings. The lowest BCUT2D eigenvalue weighted by atomic mass is 10.0. The van der Waals surface area contributed by atoms with E-state index in [0.29, 0.717) is 0 Å². The molecule has 1 aromatic rings. The van der Waals surface area contributed by atoms with E-state index in [0.717, 1.165) is 28.5 Å². The average Bonchev–Trinajstić information content (AvgIpc) is 2.25. The maximum atomic E-state index is 13.0. The summed E-state index contributed by atoms with van der Waals surface area (Å²) in [7, 11) is 0. The Morgan fingerprint density at radius 3 is 2.88 bits per heavy atom. The van der Waals surface area contributed by atoms with Gasteiger partial charge in [0, 0.05) is 9.61 Å². The van der Waals surface area contributed by atoms with E-state index in [1.807, 2.05) is 12.1 Å². The summed E-state index contributed by atoms with van der Waals surface area (Å²) in [4.78, 5) is 0. The third-order valence-electron chi connectivity index (χ3n) is 2.38. The minimum Gasteiger partial charge on any atom is -0.310 e. The molecule has 0 aliphatic rings. The van der Waals surface area contributed by atoms with Gasteiger partial charge in [-0.1, -0.05) is 19.1 Å². The van der Waals surface area contributed by atoms with Crippen LogP contribution in [0.15, 0.2) is 30.9 Å². The largest absolute Gasteiger partial charge is 0.310 e. The molecule has 0 aliphatic carbocycles. The van der Waals surface area contributed by atoms with Crippen LogP contribution >= 0.6 is 22.6 Å². The minimum atomic E-state index is -0.180. The van der Waals surface area contributed by atoms with Crippen LogP contribution in [0.25, 0.3) is 0 Å². The smallest absolute Gasteiger partial charge is 0.124 e. The topological polar surface area (TPSA) is 12.0 Å². The second-order valence-electron chi connectivity index (χ2n) is 3.70. The highest BCUT2D eigenvalue weighted by atomic mass is 127. The van der Waals surface area contributed by atoms with Crippen molar-refractivity contribution >= 4 is 22.6 Å². The number of hydrogen-bond acceptors (Lipinski definition) is 1. The first-order valence-corrected chi connectivity index (χ1v) is 6.56. The fraction of sp³-hybridized carbons (Fsp3) is 0.385. The Bertz CT molecular complexity index is 352. The lowest BCUT2D eigenvalue weighted by Gasteiger charge is -2.18. The van der Waals surface area contributed by atoms with Gasteiger partial charge in [-0.15, -0.1) is 6.58 Å². The zero-order valence-corrected chi connectivity index (χ0v) is 11.6. The van der Waals surface area contributed by atoms with Gasteiger partial charge in [0.1, 0.15) is 5.82 Å². The zero-order chi connectivity index (χ0) is 12.0. The Balaban J connectivity index is 2.86. The molecule has 1 unspecified atom stereocenters. The molecule has 0 radical (unpaired) electrons. The normalized spacial score (nSPS) is 12.4. The summed E-state index contributed by atoms with van der Waals surface area (Å²) in [5, 5.41) is 3.45. The predicted molar refractivity (Wildman–Crippen MR) is 75.0 cm³/mol. The Morgan fingerprint density at radius 2 is 2.31 bits per heavy atom. The molecule has 0 bridgehead atoms. The molecular formula is C13H17FIN. The maximum Gasteiger partial charge on any atom is 0.124 e. The van der Waals surface area contributed by atoms with Crippen molar-refractivity contribution in [2.75, 3.05) is 6.54 Å². The number of nitrogens with one attached hydrogen (secondary N) is 1. The third kappa shape index (κ3) is 3.87. The molecule has 0 spiro atoms. The first-order valence-electron chi connectivity index (χ1n) is 5.48. The van der Waals surface area contributed by atoms with Crippen molar-refractivity contribution in [1.82, 2.24) is 5.32 Å². The Hall–Kier alpha value is -0.420. The lowest BCUT2D eigenvalue weighted by Crippen LogP contribution is -2.22. The second kappa shape index (κ2) is 7.01. The number of rotatable bonds is 6. The summed E-state index contributed by atoms with van der Waals surface area (Å²) in [6, 6.07) is 5.18. The van der Waals surface area contributed by atoms with Gasteiger partial charge in [0.15, 0.2) is 0 Å². The summed E-state index contributed by atoms with van der Waals surface area (Å²) >= 11 is 2.18. The molecule has 1 nitrogen and oxygen atoms in total. The van der Waals surface area contributed by atoms with E-state index < -0.39 is 0 Å². The quantitative estimate of drug-likeness (QED) is 0.612. The first-order chi connectivity index (χ1) is 7.69. The highest BCUT2D eigenvalue weighted by molar-refractivity contribution is 14.1. The molecule has 0 heterocycles. The van der Waals surface area contributed by atoms with Gasteiger partial charge in [0.2, 0.25) is 0 Å². The summed E-state index contributed by atoms with van der Waals surface area (Å²) in [6.07, 6.45) is 3.85. The van der Waals surface area contributed by atoms with Gasteiger partial charge in [-0.3, -0.25) is 0 Å². The molecule has 0 saturated carbocycles. The molecule has 0 aromatic heterocycles. The fourth-order valence-corrected chi connectivity index (χ4v) is 2.44. The highest BCUT2D eigenvalue weighted by Crippen LogP contribution is 2.23. The predicted octanol–water partition coefficient (Wildman–Crippen LogP) is 4.05. The van der Waals surface area contributed by atoms with E-state index in [1.165, 1.54) is 6.07 Å². The maximum absolute atomic E-state index is 13.0. The van der Waals surface area contributed by atoms with E-state index >= 15 is 0 Å². The lowest BCUT2D eigenvalue weighted by molar-refractivity contribution is 0.533. The van der Waals surface area contributed by atoms with E-state index in [-0.39, 0.29) is 11.9 Å².